The van der Waals surface area contributed by atoms with Crippen LogP contribution in [0.1, 0.15) is 37.4 Å². The number of halogens is 3. The quantitative estimate of drug-likeness (QED) is 0.821. The van der Waals surface area contributed by atoms with Gasteiger partial charge in [0.15, 0.2) is 0 Å². The smallest absolute Gasteiger partial charge is 0.313 e. The molecule has 0 aliphatic rings. The molecule has 0 bridgehead atoms. The molecule has 21 heavy (non-hydrogen) atoms. The van der Waals surface area contributed by atoms with Gasteiger partial charge in [0.25, 0.3) is 0 Å². The predicted octanol–water partition coefficient (Wildman–Crippen LogP) is 3.92. The molecule has 0 spiro atoms. The number of benzene rings is 1. The van der Waals surface area contributed by atoms with Crippen molar-refractivity contribution in [2.45, 2.75) is 45.5 Å². The summed E-state index contributed by atoms with van der Waals surface area (Å²) >= 11 is 0. The summed E-state index contributed by atoms with van der Waals surface area (Å²) < 4.78 is 37.7. The fourth-order valence-corrected chi connectivity index (χ4v) is 2.32. The normalized spacial score (nSPS) is 14.0. The van der Waals surface area contributed by atoms with Crippen molar-refractivity contribution in [2.24, 2.45) is 0 Å². The molecule has 1 unspecified atom stereocenters. The lowest BCUT2D eigenvalue weighted by atomic mass is 10.0. The number of nitrogens with one attached hydrogen (secondary N) is 1. The summed E-state index contributed by atoms with van der Waals surface area (Å²) in [5, 5.41) is 3.19. The Balaban J connectivity index is 2.65. The molecule has 0 radical (unpaired) electrons. The van der Waals surface area contributed by atoms with Crippen LogP contribution in [0.3, 0.4) is 0 Å². The molecule has 0 aliphatic carbocycles. The molecule has 0 heterocycles. The van der Waals surface area contributed by atoms with Crippen molar-refractivity contribution in [2.75, 3.05) is 20.1 Å². The molecule has 0 amide bonds. The Morgan fingerprint density at radius 1 is 1.14 bits per heavy atom. The lowest BCUT2D eigenvalue weighted by Gasteiger charge is -2.29. The summed E-state index contributed by atoms with van der Waals surface area (Å²) in [6.45, 7) is 5.17. The SMILES string of the molecule is CNC(CCN(CC(F)(F)F)C(C)C)c1ccc(C)cc1. The van der Waals surface area contributed by atoms with Gasteiger partial charge in [0.2, 0.25) is 0 Å². The molecular formula is C16H25F3N2. The van der Waals surface area contributed by atoms with E-state index < -0.39 is 12.7 Å². The molecule has 0 saturated heterocycles. The zero-order valence-corrected chi connectivity index (χ0v) is 13.2. The highest BCUT2D eigenvalue weighted by atomic mass is 19.4. The highest BCUT2D eigenvalue weighted by Gasteiger charge is 2.31. The third kappa shape index (κ3) is 6.48. The minimum absolute atomic E-state index is 0.0695. The first-order chi connectivity index (χ1) is 9.73. The number of hydrogen-bond acceptors (Lipinski definition) is 2. The predicted molar refractivity (Wildman–Crippen MR) is 80.4 cm³/mol. The molecule has 1 N–H and O–H groups in total. The molecular weight excluding hydrogens is 277 g/mol. The fourth-order valence-electron chi connectivity index (χ4n) is 2.32. The van der Waals surface area contributed by atoms with Crippen LogP contribution in [0.25, 0.3) is 0 Å². The first-order valence-electron chi connectivity index (χ1n) is 7.27. The van der Waals surface area contributed by atoms with Crippen molar-refractivity contribution in [3.05, 3.63) is 35.4 Å². The zero-order valence-electron chi connectivity index (χ0n) is 13.2. The van der Waals surface area contributed by atoms with E-state index in [0.29, 0.717) is 13.0 Å². The lowest BCUT2D eigenvalue weighted by Crippen LogP contribution is -2.40. The maximum atomic E-state index is 12.6. The van der Waals surface area contributed by atoms with Gasteiger partial charge in [-0.05, 0) is 39.8 Å². The Kier molecular flexibility index (Phi) is 6.68. The van der Waals surface area contributed by atoms with E-state index in [2.05, 4.69) is 5.32 Å². The number of aryl methyl sites for hydroxylation is 1. The second-order valence-electron chi connectivity index (χ2n) is 5.72. The van der Waals surface area contributed by atoms with E-state index in [-0.39, 0.29) is 12.1 Å². The van der Waals surface area contributed by atoms with Crippen LogP contribution in [0.5, 0.6) is 0 Å². The van der Waals surface area contributed by atoms with E-state index >= 15 is 0 Å². The second kappa shape index (κ2) is 7.80. The van der Waals surface area contributed by atoms with Crippen molar-refractivity contribution >= 4 is 0 Å². The Labute approximate surface area is 125 Å². The molecule has 1 aromatic rings. The maximum absolute atomic E-state index is 12.6. The Morgan fingerprint density at radius 3 is 2.14 bits per heavy atom. The van der Waals surface area contributed by atoms with Crippen molar-refractivity contribution in [3.63, 3.8) is 0 Å². The first kappa shape index (κ1) is 18.0. The lowest BCUT2D eigenvalue weighted by molar-refractivity contribution is -0.149. The largest absolute Gasteiger partial charge is 0.401 e. The van der Waals surface area contributed by atoms with Crippen LogP contribution in [0.15, 0.2) is 24.3 Å². The van der Waals surface area contributed by atoms with Gasteiger partial charge in [-0.3, -0.25) is 4.90 Å². The summed E-state index contributed by atoms with van der Waals surface area (Å²) in [6.07, 6.45) is -3.50. The third-order valence-electron chi connectivity index (χ3n) is 3.65. The van der Waals surface area contributed by atoms with Crippen LogP contribution in [0.4, 0.5) is 13.2 Å². The van der Waals surface area contributed by atoms with Gasteiger partial charge >= 0.3 is 6.18 Å². The van der Waals surface area contributed by atoms with Crippen LogP contribution >= 0.6 is 0 Å². The average molecular weight is 302 g/mol. The topological polar surface area (TPSA) is 15.3 Å². The molecule has 1 rings (SSSR count). The van der Waals surface area contributed by atoms with Crippen molar-refractivity contribution in [3.8, 4) is 0 Å². The Morgan fingerprint density at radius 2 is 1.71 bits per heavy atom. The Hall–Kier alpha value is -1.07. The highest BCUT2D eigenvalue weighted by Crippen LogP contribution is 2.21. The maximum Gasteiger partial charge on any atom is 0.401 e. The van der Waals surface area contributed by atoms with Crippen LogP contribution < -0.4 is 5.32 Å². The molecule has 1 atom stereocenters. The molecule has 0 saturated carbocycles. The van der Waals surface area contributed by atoms with Crippen LogP contribution in [0.2, 0.25) is 0 Å². The van der Waals surface area contributed by atoms with Crippen molar-refractivity contribution in [1.29, 1.82) is 0 Å². The summed E-state index contributed by atoms with van der Waals surface area (Å²) in [5.74, 6) is 0. The molecule has 5 heteroatoms. The minimum Gasteiger partial charge on any atom is -0.313 e. The molecule has 0 aliphatic heterocycles. The van der Waals surface area contributed by atoms with Crippen molar-refractivity contribution < 1.29 is 13.2 Å². The van der Waals surface area contributed by atoms with E-state index in [9.17, 15) is 13.2 Å². The fraction of sp³-hybridized carbons (Fsp3) is 0.625. The number of alkyl halides is 3. The summed E-state index contributed by atoms with van der Waals surface area (Å²) in [7, 11) is 1.84. The van der Waals surface area contributed by atoms with Gasteiger partial charge in [0.05, 0.1) is 6.54 Å². The van der Waals surface area contributed by atoms with Crippen molar-refractivity contribution in [1.82, 2.24) is 10.2 Å². The van der Waals surface area contributed by atoms with E-state index in [0.717, 1.165) is 5.56 Å². The Bertz CT molecular complexity index is 413. The molecule has 0 fully saturated rings. The third-order valence-corrected chi connectivity index (χ3v) is 3.65. The summed E-state index contributed by atoms with van der Waals surface area (Å²) in [6, 6.07) is 8.05. The highest BCUT2D eigenvalue weighted by molar-refractivity contribution is 5.24. The molecule has 120 valence electrons. The van der Waals surface area contributed by atoms with Crippen LogP contribution in [-0.2, 0) is 0 Å². The monoisotopic (exact) mass is 302 g/mol. The van der Waals surface area contributed by atoms with Crippen LogP contribution in [-0.4, -0.2) is 37.3 Å². The van der Waals surface area contributed by atoms with Gasteiger partial charge in [-0.2, -0.15) is 13.2 Å². The van der Waals surface area contributed by atoms with E-state index in [1.165, 1.54) is 10.5 Å². The summed E-state index contributed by atoms with van der Waals surface area (Å²) in [4.78, 5) is 1.47. The molecule has 1 aromatic carbocycles. The average Bonchev–Trinajstić information content (AvgIpc) is 2.38. The second-order valence-corrected chi connectivity index (χ2v) is 5.72. The number of nitrogens with zero attached hydrogens (tertiary/aromatic N) is 1. The minimum atomic E-state index is -4.15. The number of rotatable bonds is 7. The van der Waals surface area contributed by atoms with E-state index in [1.807, 2.05) is 38.2 Å². The molecule has 2 nitrogen and oxygen atoms in total. The number of hydrogen-bond donors (Lipinski definition) is 1. The van der Waals surface area contributed by atoms with Gasteiger partial charge in [0, 0.05) is 18.6 Å². The van der Waals surface area contributed by atoms with Gasteiger partial charge < -0.3 is 5.32 Å². The van der Waals surface area contributed by atoms with E-state index in [1.54, 1.807) is 13.8 Å². The standard InChI is InChI=1S/C16H25F3N2/c1-12(2)21(11-16(17,18)19)10-9-15(20-4)14-7-5-13(3)6-8-14/h5-8,12,15,20H,9-11H2,1-4H3. The van der Waals surface area contributed by atoms with Gasteiger partial charge in [-0.25, -0.2) is 0 Å². The van der Waals surface area contributed by atoms with Gasteiger partial charge in [-0.15, -0.1) is 0 Å². The van der Waals surface area contributed by atoms with Crippen LogP contribution in [0, 0.1) is 6.92 Å². The molecule has 0 aromatic heterocycles. The van der Waals surface area contributed by atoms with E-state index in [4.69, 9.17) is 0 Å². The zero-order chi connectivity index (χ0) is 16.0. The summed E-state index contributed by atoms with van der Waals surface area (Å²) in [5.41, 5.74) is 2.29. The first-order valence-corrected chi connectivity index (χ1v) is 7.27. The van der Waals surface area contributed by atoms with Gasteiger partial charge in [-0.1, -0.05) is 29.8 Å². The van der Waals surface area contributed by atoms with Gasteiger partial charge in [0.1, 0.15) is 0 Å².